The summed E-state index contributed by atoms with van der Waals surface area (Å²) >= 11 is 1.63. The molecule has 1 aromatic carbocycles. The second-order valence-corrected chi connectivity index (χ2v) is 7.34. The van der Waals surface area contributed by atoms with Crippen molar-refractivity contribution in [3.05, 3.63) is 65.7 Å². The van der Waals surface area contributed by atoms with E-state index < -0.39 is 0 Å². The summed E-state index contributed by atoms with van der Waals surface area (Å²) in [7, 11) is 1.68. The van der Waals surface area contributed by atoms with Crippen molar-refractivity contribution >= 4 is 22.9 Å². The fourth-order valence-corrected chi connectivity index (χ4v) is 3.97. The monoisotopic (exact) mass is 379 g/mol. The molecule has 6 heteroatoms. The Morgan fingerprint density at radius 2 is 1.93 bits per heavy atom. The molecule has 3 aromatic rings. The van der Waals surface area contributed by atoms with Crippen LogP contribution in [0.25, 0.3) is 10.6 Å². The van der Waals surface area contributed by atoms with Gasteiger partial charge in [0.05, 0.1) is 17.7 Å². The number of anilines is 1. The maximum Gasteiger partial charge on any atom is 0.254 e. The first-order valence-electron chi connectivity index (χ1n) is 8.93. The lowest BCUT2D eigenvalue weighted by Gasteiger charge is -2.36. The number of hydrogen-bond donors (Lipinski definition) is 0. The minimum absolute atomic E-state index is 0.0699. The Labute approximate surface area is 162 Å². The van der Waals surface area contributed by atoms with E-state index in [-0.39, 0.29) is 5.91 Å². The number of piperazine rings is 1. The van der Waals surface area contributed by atoms with Crippen LogP contribution in [0.15, 0.2) is 60.1 Å². The van der Waals surface area contributed by atoms with Crippen LogP contribution >= 0.6 is 11.3 Å². The smallest absolute Gasteiger partial charge is 0.254 e. The van der Waals surface area contributed by atoms with E-state index in [1.54, 1.807) is 30.7 Å². The van der Waals surface area contributed by atoms with Gasteiger partial charge in [-0.1, -0.05) is 12.1 Å². The van der Waals surface area contributed by atoms with Crippen LogP contribution in [-0.4, -0.2) is 49.1 Å². The molecule has 27 heavy (non-hydrogen) atoms. The van der Waals surface area contributed by atoms with Crippen LogP contribution in [0.4, 0.5) is 5.69 Å². The number of aromatic nitrogens is 1. The van der Waals surface area contributed by atoms with Gasteiger partial charge >= 0.3 is 0 Å². The average molecular weight is 379 g/mol. The van der Waals surface area contributed by atoms with Crippen molar-refractivity contribution in [3.63, 3.8) is 0 Å². The van der Waals surface area contributed by atoms with E-state index in [2.05, 4.69) is 16.0 Å². The molecule has 0 aliphatic carbocycles. The van der Waals surface area contributed by atoms with Gasteiger partial charge in [0.1, 0.15) is 5.75 Å². The topological polar surface area (TPSA) is 45.7 Å². The van der Waals surface area contributed by atoms with Gasteiger partial charge in [0.2, 0.25) is 0 Å². The number of pyridine rings is 1. The van der Waals surface area contributed by atoms with Crippen molar-refractivity contribution in [1.82, 2.24) is 9.88 Å². The number of carbonyl (C=O) groups is 1. The zero-order chi connectivity index (χ0) is 18.6. The number of thiophene rings is 1. The normalized spacial score (nSPS) is 14.3. The summed E-state index contributed by atoms with van der Waals surface area (Å²) in [4.78, 5) is 22.6. The third kappa shape index (κ3) is 3.80. The Bertz CT molecular complexity index is 919. The predicted octanol–water partition coefficient (Wildman–Crippen LogP) is 3.78. The standard InChI is InChI=1S/C21H21N3O2S/c1-26-18-5-2-4-17(15-18)23-9-11-24(12-10-23)21(25)16-7-8-22-19(14-16)20-6-3-13-27-20/h2-8,13-15H,9-12H2,1H3. The summed E-state index contributed by atoms with van der Waals surface area (Å²) in [5.41, 5.74) is 2.68. The first-order valence-corrected chi connectivity index (χ1v) is 9.81. The average Bonchev–Trinajstić information content (AvgIpc) is 3.28. The molecule has 1 aliphatic heterocycles. The number of hydrogen-bond acceptors (Lipinski definition) is 5. The minimum atomic E-state index is 0.0699. The number of carbonyl (C=O) groups excluding carboxylic acids is 1. The number of methoxy groups -OCH3 is 1. The SMILES string of the molecule is COc1cccc(N2CCN(C(=O)c3ccnc(-c4cccs4)c3)CC2)c1. The number of benzene rings is 1. The molecular formula is C21H21N3O2S. The first-order chi connectivity index (χ1) is 13.2. The van der Waals surface area contributed by atoms with Gasteiger partial charge in [-0.05, 0) is 35.7 Å². The number of nitrogens with zero attached hydrogens (tertiary/aromatic N) is 3. The summed E-state index contributed by atoms with van der Waals surface area (Å²) in [5, 5.41) is 2.02. The Balaban J connectivity index is 1.43. The predicted molar refractivity (Wildman–Crippen MR) is 109 cm³/mol. The molecule has 4 rings (SSSR count). The highest BCUT2D eigenvalue weighted by Gasteiger charge is 2.23. The Morgan fingerprint density at radius 1 is 1.07 bits per heavy atom. The number of amides is 1. The van der Waals surface area contributed by atoms with Gasteiger partial charge in [-0.3, -0.25) is 9.78 Å². The van der Waals surface area contributed by atoms with E-state index in [0.717, 1.165) is 35.1 Å². The fourth-order valence-electron chi connectivity index (χ4n) is 3.28. The maximum absolute atomic E-state index is 12.9. The summed E-state index contributed by atoms with van der Waals surface area (Å²) in [6, 6.07) is 15.8. The van der Waals surface area contributed by atoms with Crippen LogP contribution in [0.3, 0.4) is 0 Å². The van der Waals surface area contributed by atoms with Crippen LogP contribution in [0.2, 0.25) is 0 Å². The highest BCUT2D eigenvalue weighted by molar-refractivity contribution is 7.13. The second kappa shape index (κ2) is 7.80. The van der Waals surface area contributed by atoms with Gasteiger partial charge in [-0.2, -0.15) is 0 Å². The molecule has 0 N–H and O–H groups in total. The van der Waals surface area contributed by atoms with Crippen molar-refractivity contribution < 1.29 is 9.53 Å². The summed E-state index contributed by atoms with van der Waals surface area (Å²) in [6.07, 6.45) is 1.72. The quantitative estimate of drug-likeness (QED) is 0.692. The molecule has 3 heterocycles. The van der Waals surface area contributed by atoms with Crippen LogP contribution in [-0.2, 0) is 0 Å². The number of rotatable bonds is 4. The van der Waals surface area contributed by atoms with Crippen LogP contribution < -0.4 is 9.64 Å². The Hall–Kier alpha value is -2.86. The molecule has 0 unspecified atom stereocenters. The molecule has 0 bridgehead atoms. The lowest BCUT2D eigenvalue weighted by Crippen LogP contribution is -2.48. The van der Waals surface area contributed by atoms with E-state index in [4.69, 9.17) is 4.74 Å². The van der Waals surface area contributed by atoms with Gasteiger partial charge in [0.25, 0.3) is 5.91 Å². The third-order valence-corrected chi connectivity index (χ3v) is 5.66. The van der Waals surface area contributed by atoms with E-state index in [1.807, 2.05) is 46.7 Å². The molecule has 5 nitrogen and oxygen atoms in total. The highest BCUT2D eigenvalue weighted by atomic mass is 32.1. The third-order valence-electron chi connectivity index (χ3n) is 4.77. The Morgan fingerprint density at radius 3 is 2.67 bits per heavy atom. The van der Waals surface area contributed by atoms with Gasteiger partial charge < -0.3 is 14.5 Å². The van der Waals surface area contributed by atoms with Gasteiger partial charge in [-0.25, -0.2) is 0 Å². The molecular weight excluding hydrogens is 358 g/mol. The zero-order valence-electron chi connectivity index (χ0n) is 15.2. The fraction of sp³-hybridized carbons (Fsp3) is 0.238. The van der Waals surface area contributed by atoms with Gasteiger partial charge in [0, 0.05) is 49.7 Å². The summed E-state index contributed by atoms with van der Waals surface area (Å²) in [5.74, 6) is 0.921. The highest BCUT2D eigenvalue weighted by Crippen LogP contribution is 2.25. The minimum Gasteiger partial charge on any atom is -0.497 e. The molecule has 1 amide bonds. The largest absolute Gasteiger partial charge is 0.497 e. The van der Waals surface area contributed by atoms with Crippen molar-refractivity contribution in [1.29, 1.82) is 0 Å². The van der Waals surface area contributed by atoms with Gasteiger partial charge in [-0.15, -0.1) is 11.3 Å². The lowest BCUT2D eigenvalue weighted by molar-refractivity contribution is 0.0746. The van der Waals surface area contributed by atoms with Crippen molar-refractivity contribution in [2.45, 2.75) is 0 Å². The van der Waals surface area contributed by atoms with Crippen LogP contribution in [0, 0.1) is 0 Å². The van der Waals surface area contributed by atoms with Crippen LogP contribution in [0.5, 0.6) is 5.75 Å². The van der Waals surface area contributed by atoms with E-state index in [1.165, 1.54) is 0 Å². The van der Waals surface area contributed by atoms with E-state index in [9.17, 15) is 4.79 Å². The zero-order valence-corrected chi connectivity index (χ0v) is 16.0. The van der Waals surface area contributed by atoms with Crippen molar-refractivity contribution in [2.75, 3.05) is 38.2 Å². The molecule has 1 fully saturated rings. The molecule has 2 aromatic heterocycles. The number of ether oxygens (including phenoxy) is 1. The first kappa shape index (κ1) is 17.5. The second-order valence-electron chi connectivity index (χ2n) is 6.39. The van der Waals surface area contributed by atoms with E-state index in [0.29, 0.717) is 18.7 Å². The molecule has 0 radical (unpaired) electrons. The molecule has 0 saturated carbocycles. The molecule has 1 aliphatic rings. The summed E-state index contributed by atoms with van der Waals surface area (Å²) in [6.45, 7) is 3.02. The molecule has 138 valence electrons. The van der Waals surface area contributed by atoms with Crippen LogP contribution in [0.1, 0.15) is 10.4 Å². The van der Waals surface area contributed by atoms with Crippen molar-refractivity contribution in [3.8, 4) is 16.3 Å². The van der Waals surface area contributed by atoms with E-state index >= 15 is 0 Å². The molecule has 1 saturated heterocycles. The summed E-state index contributed by atoms with van der Waals surface area (Å²) < 4.78 is 5.31. The van der Waals surface area contributed by atoms with Crippen molar-refractivity contribution in [2.24, 2.45) is 0 Å². The Kier molecular flexibility index (Phi) is 5.07. The maximum atomic E-state index is 12.9. The molecule has 0 atom stereocenters. The molecule has 0 spiro atoms. The lowest BCUT2D eigenvalue weighted by atomic mass is 10.1. The van der Waals surface area contributed by atoms with Gasteiger partial charge in [0.15, 0.2) is 0 Å².